The maximum Gasteiger partial charge on any atom is 0.306 e. The van der Waals surface area contributed by atoms with Crippen LogP contribution >= 0.6 is 11.6 Å². The highest BCUT2D eigenvalue weighted by Crippen LogP contribution is 2.60. The number of piperidine rings is 1. The Bertz CT molecular complexity index is 1580. The summed E-state index contributed by atoms with van der Waals surface area (Å²) in [4.78, 5) is 31.9. The average Bonchev–Trinajstić information content (AvgIpc) is 3.16. The summed E-state index contributed by atoms with van der Waals surface area (Å²) in [5.74, 6) is 0.740. The zero-order chi connectivity index (χ0) is 27.2. The van der Waals surface area contributed by atoms with E-state index >= 15 is 0 Å². The zero-order valence-corrected chi connectivity index (χ0v) is 23.6. The number of benzene rings is 2. The lowest BCUT2D eigenvalue weighted by molar-refractivity contribution is -0.160. The van der Waals surface area contributed by atoms with Gasteiger partial charge in [-0.05, 0) is 105 Å². The first-order chi connectivity index (χ1) is 19.4. The first-order valence-electron chi connectivity index (χ1n) is 15.2. The van der Waals surface area contributed by atoms with Crippen LogP contribution in [0.4, 0.5) is 0 Å². The summed E-state index contributed by atoms with van der Waals surface area (Å²) in [5.41, 5.74) is 4.73. The molecule has 3 saturated carbocycles. The second kappa shape index (κ2) is 8.90. The topological polar surface area (TPSA) is 75.4 Å². The molecule has 1 saturated heterocycles. The van der Waals surface area contributed by atoms with Crippen molar-refractivity contribution in [1.82, 2.24) is 14.5 Å². The van der Waals surface area contributed by atoms with Gasteiger partial charge in [0.05, 0.1) is 32.9 Å². The highest BCUT2D eigenvalue weighted by Gasteiger charge is 2.56. The minimum atomic E-state index is -0.609. The van der Waals surface area contributed by atoms with Crippen LogP contribution in [-0.2, 0) is 10.2 Å². The Labute approximate surface area is 239 Å². The van der Waals surface area contributed by atoms with Gasteiger partial charge in [0.2, 0.25) is 0 Å². The fraction of sp³-hybridized carbons (Fsp3) is 0.545. The van der Waals surface area contributed by atoms with Crippen molar-refractivity contribution >= 4 is 28.5 Å². The van der Waals surface area contributed by atoms with Crippen LogP contribution in [0.25, 0.3) is 16.6 Å². The van der Waals surface area contributed by atoms with Crippen LogP contribution in [0.2, 0.25) is 5.02 Å². The minimum Gasteiger partial charge on any atom is -0.481 e. The SMILES string of the molecule is O=C(O)C1CC2(C1)CC(N1CCC(c3ccc4c(c3)C3(CCCCC3)c3nc(=O)c5c(Cl)cccc5n3-4)CC1)C2. The molecule has 3 aliphatic carbocycles. The number of carboxylic acid groups (broad SMARTS) is 1. The maximum atomic E-state index is 13.2. The molecule has 0 amide bonds. The van der Waals surface area contributed by atoms with Crippen molar-refractivity contribution in [1.29, 1.82) is 0 Å². The van der Waals surface area contributed by atoms with Gasteiger partial charge in [-0.3, -0.25) is 14.2 Å². The van der Waals surface area contributed by atoms with Crippen LogP contribution in [0, 0.1) is 11.3 Å². The first-order valence-corrected chi connectivity index (χ1v) is 15.6. The molecule has 0 unspecified atom stereocenters. The Hall–Kier alpha value is -2.70. The molecule has 1 N–H and O–H groups in total. The van der Waals surface area contributed by atoms with E-state index in [2.05, 4.69) is 27.7 Å². The van der Waals surface area contributed by atoms with Crippen LogP contribution < -0.4 is 5.56 Å². The number of likely N-dealkylation sites (tertiary alicyclic amines) is 1. The van der Waals surface area contributed by atoms with Crippen molar-refractivity contribution in [2.24, 2.45) is 11.3 Å². The Morgan fingerprint density at radius 2 is 1.75 bits per heavy atom. The number of fused-ring (bicyclic) bond motifs is 7. The summed E-state index contributed by atoms with van der Waals surface area (Å²) in [5, 5.41) is 10.2. The number of halogens is 1. The summed E-state index contributed by atoms with van der Waals surface area (Å²) in [6.45, 7) is 2.24. The van der Waals surface area contributed by atoms with Crippen molar-refractivity contribution in [3.05, 3.63) is 68.7 Å². The van der Waals surface area contributed by atoms with Crippen LogP contribution in [-0.4, -0.2) is 44.7 Å². The maximum absolute atomic E-state index is 13.2. The van der Waals surface area contributed by atoms with Gasteiger partial charge in [0, 0.05) is 6.04 Å². The largest absolute Gasteiger partial charge is 0.481 e. The van der Waals surface area contributed by atoms with Gasteiger partial charge >= 0.3 is 5.97 Å². The van der Waals surface area contributed by atoms with Crippen molar-refractivity contribution in [3.63, 3.8) is 0 Å². The second-order valence-electron chi connectivity index (χ2n) is 13.4. The number of aliphatic carboxylic acids is 1. The lowest BCUT2D eigenvalue weighted by atomic mass is 9.49. The summed E-state index contributed by atoms with van der Waals surface area (Å²) in [6, 6.07) is 13.4. The second-order valence-corrected chi connectivity index (χ2v) is 13.9. The van der Waals surface area contributed by atoms with Gasteiger partial charge in [-0.25, -0.2) is 0 Å². The van der Waals surface area contributed by atoms with Gasteiger partial charge in [0.1, 0.15) is 5.82 Å². The molecule has 40 heavy (non-hydrogen) atoms. The Morgan fingerprint density at radius 1 is 1.00 bits per heavy atom. The molecule has 4 fully saturated rings. The summed E-state index contributed by atoms with van der Waals surface area (Å²) < 4.78 is 2.23. The molecule has 0 bridgehead atoms. The van der Waals surface area contributed by atoms with E-state index in [1.165, 1.54) is 30.4 Å². The number of hydrogen-bond donors (Lipinski definition) is 1. The average molecular weight is 558 g/mol. The van der Waals surface area contributed by atoms with E-state index in [1.807, 2.05) is 12.1 Å². The van der Waals surface area contributed by atoms with Gasteiger partial charge in [0.25, 0.3) is 5.56 Å². The highest BCUT2D eigenvalue weighted by molar-refractivity contribution is 6.35. The fourth-order valence-corrected chi connectivity index (χ4v) is 9.49. The monoisotopic (exact) mass is 557 g/mol. The lowest BCUT2D eigenvalue weighted by Crippen LogP contribution is -2.58. The van der Waals surface area contributed by atoms with E-state index in [-0.39, 0.29) is 16.9 Å². The quantitative estimate of drug-likeness (QED) is 0.402. The first kappa shape index (κ1) is 25.0. The third kappa shape index (κ3) is 3.54. The van der Waals surface area contributed by atoms with Crippen molar-refractivity contribution in [3.8, 4) is 5.69 Å². The van der Waals surface area contributed by atoms with E-state index in [4.69, 9.17) is 16.6 Å². The Balaban J connectivity index is 1.07. The number of hydrogen-bond acceptors (Lipinski definition) is 4. The Kier molecular flexibility index (Phi) is 5.57. The van der Waals surface area contributed by atoms with Gasteiger partial charge in [-0.1, -0.05) is 49.1 Å². The molecule has 6 nitrogen and oxygen atoms in total. The molecule has 5 aliphatic rings. The van der Waals surface area contributed by atoms with Crippen LogP contribution in [0.3, 0.4) is 0 Å². The van der Waals surface area contributed by atoms with Gasteiger partial charge in [-0.2, -0.15) is 4.98 Å². The number of aromatic nitrogens is 2. The molecule has 3 heterocycles. The molecule has 208 valence electrons. The lowest BCUT2D eigenvalue weighted by Gasteiger charge is -2.59. The van der Waals surface area contributed by atoms with E-state index in [9.17, 15) is 14.7 Å². The molecule has 8 rings (SSSR count). The number of nitrogens with zero attached hydrogens (tertiary/aromatic N) is 3. The van der Waals surface area contributed by atoms with Crippen molar-refractivity contribution in [2.45, 2.75) is 88.0 Å². The van der Waals surface area contributed by atoms with Crippen LogP contribution in [0.15, 0.2) is 41.2 Å². The summed E-state index contributed by atoms with van der Waals surface area (Å²) >= 11 is 6.51. The van der Waals surface area contributed by atoms with Gasteiger partial charge in [0.15, 0.2) is 0 Å². The minimum absolute atomic E-state index is 0.103. The Morgan fingerprint density at radius 3 is 2.48 bits per heavy atom. The number of rotatable bonds is 3. The molecule has 7 heteroatoms. The summed E-state index contributed by atoms with van der Waals surface area (Å²) in [6.07, 6.45) is 12.1. The zero-order valence-electron chi connectivity index (χ0n) is 22.9. The molecular weight excluding hydrogens is 522 g/mol. The molecular formula is C33H36ClN3O3. The van der Waals surface area contributed by atoms with E-state index in [0.717, 1.165) is 81.5 Å². The third-order valence-corrected chi connectivity index (χ3v) is 11.7. The fourth-order valence-electron chi connectivity index (χ4n) is 9.24. The van der Waals surface area contributed by atoms with E-state index in [1.54, 1.807) is 6.07 Å². The molecule has 0 atom stereocenters. The molecule has 2 aliphatic heterocycles. The van der Waals surface area contributed by atoms with E-state index < -0.39 is 5.97 Å². The predicted molar refractivity (Wildman–Crippen MR) is 156 cm³/mol. The van der Waals surface area contributed by atoms with Crippen molar-refractivity contribution in [2.75, 3.05) is 13.1 Å². The molecule has 1 aromatic heterocycles. The molecule has 0 radical (unpaired) electrons. The standard InChI is InChI=1S/C33H36ClN3O3/c34-25-5-4-6-27-28(25)29(38)35-31-33(11-2-1-3-12-33)24-15-21(7-8-26(24)37(27)31)20-9-13-36(14-10-20)23-18-32(19-23)16-22(17-32)30(39)40/h4-8,15,20,22-23H,1-3,9-14,16-19H2,(H,39,40). The molecule has 3 aromatic rings. The highest BCUT2D eigenvalue weighted by atomic mass is 35.5. The van der Waals surface area contributed by atoms with Crippen molar-refractivity contribution < 1.29 is 9.90 Å². The number of carbonyl (C=O) groups is 1. The predicted octanol–water partition coefficient (Wildman–Crippen LogP) is 6.43. The van der Waals surface area contributed by atoms with Crippen LogP contribution in [0.5, 0.6) is 0 Å². The smallest absolute Gasteiger partial charge is 0.306 e. The third-order valence-electron chi connectivity index (χ3n) is 11.3. The molecule has 2 spiro atoms. The molecule has 2 aromatic carbocycles. The number of carboxylic acids is 1. The van der Waals surface area contributed by atoms with Gasteiger partial charge < -0.3 is 10.0 Å². The van der Waals surface area contributed by atoms with Crippen LogP contribution in [0.1, 0.15) is 93.5 Å². The summed E-state index contributed by atoms with van der Waals surface area (Å²) in [7, 11) is 0. The van der Waals surface area contributed by atoms with E-state index in [0.29, 0.717) is 27.8 Å². The van der Waals surface area contributed by atoms with Gasteiger partial charge in [-0.15, -0.1) is 0 Å². The normalized spacial score (nSPS) is 29.2.